The van der Waals surface area contributed by atoms with Gasteiger partial charge in [-0.1, -0.05) is 5.16 Å². The van der Waals surface area contributed by atoms with Gasteiger partial charge in [-0.3, -0.25) is 9.78 Å². The molecule has 7 heteroatoms. The predicted molar refractivity (Wildman–Crippen MR) is 84.0 cm³/mol. The molecule has 1 aliphatic rings. The maximum atomic E-state index is 12.3. The fourth-order valence-electron chi connectivity index (χ4n) is 2.96. The molecule has 1 fully saturated rings. The summed E-state index contributed by atoms with van der Waals surface area (Å²) in [6, 6.07) is 5.35. The summed E-state index contributed by atoms with van der Waals surface area (Å²) in [5.41, 5.74) is 1.45. The normalized spacial score (nSPS) is 17.3. The molecule has 3 aromatic rings. The summed E-state index contributed by atoms with van der Waals surface area (Å²) < 4.78 is 10.3. The van der Waals surface area contributed by atoms with E-state index >= 15 is 0 Å². The van der Waals surface area contributed by atoms with E-state index in [1.807, 2.05) is 17.0 Å². The van der Waals surface area contributed by atoms with Crippen LogP contribution in [0.1, 0.15) is 22.6 Å². The van der Waals surface area contributed by atoms with Gasteiger partial charge < -0.3 is 13.8 Å². The number of aromatic nitrogens is 3. The van der Waals surface area contributed by atoms with Crippen LogP contribution in [-0.2, 0) is 6.42 Å². The van der Waals surface area contributed by atoms with Crippen LogP contribution in [0.3, 0.4) is 0 Å². The van der Waals surface area contributed by atoms with Gasteiger partial charge in [0.1, 0.15) is 6.26 Å². The second-order valence-electron chi connectivity index (χ2n) is 5.87. The van der Waals surface area contributed by atoms with E-state index in [9.17, 15) is 4.79 Å². The molecule has 122 valence electrons. The summed E-state index contributed by atoms with van der Waals surface area (Å²) in [4.78, 5) is 22.6. The van der Waals surface area contributed by atoms with Gasteiger partial charge in [0, 0.05) is 37.5 Å². The monoisotopic (exact) mass is 324 g/mol. The number of carbonyl (C=O) groups excluding carboxylic acids is 1. The number of furan rings is 1. The smallest absolute Gasteiger partial charge is 0.258 e. The third kappa shape index (κ3) is 2.92. The molecule has 4 rings (SSSR count). The highest BCUT2D eigenvalue weighted by molar-refractivity contribution is 5.93. The van der Waals surface area contributed by atoms with Crippen LogP contribution >= 0.6 is 0 Å². The third-order valence-corrected chi connectivity index (χ3v) is 4.21. The minimum atomic E-state index is 0.0110. The summed E-state index contributed by atoms with van der Waals surface area (Å²) >= 11 is 0. The molecule has 0 radical (unpaired) electrons. The molecule has 0 aliphatic carbocycles. The molecule has 7 nitrogen and oxygen atoms in total. The summed E-state index contributed by atoms with van der Waals surface area (Å²) in [5, 5.41) is 4.05. The number of rotatable bonds is 4. The Balaban J connectivity index is 1.39. The van der Waals surface area contributed by atoms with Crippen LogP contribution < -0.4 is 0 Å². The predicted octanol–water partition coefficient (Wildman–Crippen LogP) is 2.43. The van der Waals surface area contributed by atoms with Gasteiger partial charge in [-0.15, -0.1) is 0 Å². The van der Waals surface area contributed by atoms with Crippen molar-refractivity contribution in [1.29, 1.82) is 0 Å². The van der Waals surface area contributed by atoms with Crippen LogP contribution in [0.2, 0.25) is 0 Å². The number of likely N-dealkylation sites (tertiary alicyclic amines) is 1. The Hall–Kier alpha value is -2.96. The lowest BCUT2D eigenvalue weighted by Gasteiger charge is -2.14. The lowest BCUT2D eigenvalue weighted by atomic mass is 10.1. The highest BCUT2D eigenvalue weighted by Gasteiger charge is 2.28. The second-order valence-corrected chi connectivity index (χ2v) is 5.87. The first-order valence-electron chi connectivity index (χ1n) is 7.84. The third-order valence-electron chi connectivity index (χ3n) is 4.21. The van der Waals surface area contributed by atoms with Crippen LogP contribution in [-0.4, -0.2) is 39.0 Å². The molecule has 1 amide bonds. The zero-order chi connectivity index (χ0) is 16.4. The highest BCUT2D eigenvalue weighted by Crippen LogP contribution is 2.23. The number of carbonyl (C=O) groups is 1. The fraction of sp³-hybridized carbons (Fsp3) is 0.294. The lowest BCUT2D eigenvalue weighted by molar-refractivity contribution is 0.0786. The van der Waals surface area contributed by atoms with Gasteiger partial charge in [0.25, 0.3) is 11.8 Å². The Morgan fingerprint density at radius 3 is 2.96 bits per heavy atom. The Bertz CT molecular complexity index is 814. The average molecular weight is 324 g/mol. The minimum Gasteiger partial charge on any atom is -0.472 e. The van der Waals surface area contributed by atoms with Crippen LogP contribution in [0.25, 0.3) is 11.5 Å². The zero-order valence-corrected chi connectivity index (χ0v) is 13.0. The molecule has 1 atom stereocenters. The van der Waals surface area contributed by atoms with Crippen molar-refractivity contribution in [3.05, 3.63) is 54.5 Å². The van der Waals surface area contributed by atoms with Crippen molar-refractivity contribution in [2.45, 2.75) is 12.8 Å². The van der Waals surface area contributed by atoms with E-state index in [1.165, 1.54) is 12.5 Å². The summed E-state index contributed by atoms with van der Waals surface area (Å²) in [6.07, 6.45) is 8.01. The highest BCUT2D eigenvalue weighted by atomic mass is 16.5. The van der Waals surface area contributed by atoms with E-state index in [2.05, 4.69) is 15.1 Å². The molecule has 0 N–H and O–H groups in total. The first kappa shape index (κ1) is 14.6. The minimum absolute atomic E-state index is 0.0110. The first-order chi connectivity index (χ1) is 11.8. The van der Waals surface area contributed by atoms with E-state index in [0.29, 0.717) is 36.2 Å². The van der Waals surface area contributed by atoms with Gasteiger partial charge in [-0.05, 0) is 30.5 Å². The molecule has 3 aromatic heterocycles. The fourth-order valence-corrected chi connectivity index (χ4v) is 2.96. The van der Waals surface area contributed by atoms with Gasteiger partial charge in [0.15, 0.2) is 5.82 Å². The molecule has 1 aliphatic heterocycles. The number of pyridine rings is 1. The average Bonchev–Trinajstić information content (AvgIpc) is 3.37. The van der Waals surface area contributed by atoms with Crippen molar-refractivity contribution < 1.29 is 13.7 Å². The maximum Gasteiger partial charge on any atom is 0.258 e. The Labute approximate surface area is 138 Å². The molecular formula is C17H16N4O3. The molecule has 4 heterocycles. The van der Waals surface area contributed by atoms with E-state index in [1.54, 1.807) is 18.5 Å². The largest absolute Gasteiger partial charge is 0.472 e. The van der Waals surface area contributed by atoms with Crippen LogP contribution in [0.15, 0.2) is 52.1 Å². The van der Waals surface area contributed by atoms with Gasteiger partial charge in [-0.25, -0.2) is 0 Å². The Kier molecular flexibility index (Phi) is 3.82. The van der Waals surface area contributed by atoms with E-state index in [0.717, 1.165) is 18.5 Å². The van der Waals surface area contributed by atoms with Crippen molar-refractivity contribution in [1.82, 2.24) is 20.0 Å². The summed E-state index contributed by atoms with van der Waals surface area (Å²) in [7, 11) is 0. The van der Waals surface area contributed by atoms with Crippen LogP contribution in [0.4, 0.5) is 0 Å². The number of hydrogen-bond acceptors (Lipinski definition) is 6. The van der Waals surface area contributed by atoms with E-state index in [4.69, 9.17) is 8.94 Å². The van der Waals surface area contributed by atoms with Crippen molar-refractivity contribution in [2.75, 3.05) is 13.1 Å². The molecular weight excluding hydrogens is 308 g/mol. The lowest BCUT2D eigenvalue weighted by Crippen LogP contribution is -2.28. The number of nitrogens with zero attached hydrogens (tertiary/aromatic N) is 4. The van der Waals surface area contributed by atoms with Crippen LogP contribution in [0.5, 0.6) is 0 Å². The van der Waals surface area contributed by atoms with Gasteiger partial charge in [-0.2, -0.15) is 4.98 Å². The van der Waals surface area contributed by atoms with E-state index in [-0.39, 0.29) is 5.91 Å². The van der Waals surface area contributed by atoms with Crippen molar-refractivity contribution in [3.63, 3.8) is 0 Å². The van der Waals surface area contributed by atoms with Gasteiger partial charge >= 0.3 is 0 Å². The zero-order valence-electron chi connectivity index (χ0n) is 13.0. The van der Waals surface area contributed by atoms with Crippen LogP contribution in [0, 0.1) is 5.92 Å². The molecule has 24 heavy (non-hydrogen) atoms. The van der Waals surface area contributed by atoms with Crippen molar-refractivity contribution in [3.8, 4) is 11.5 Å². The molecule has 1 saturated heterocycles. The summed E-state index contributed by atoms with van der Waals surface area (Å²) in [6.45, 7) is 1.44. The maximum absolute atomic E-state index is 12.3. The molecule has 1 unspecified atom stereocenters. The standard InChI is InChI=1S/C17H16N4O3/c22-17(14-4-8-23-11-14)21-7-3-12(10-21)9-15-19-16(24-20-15)13-1-5-18-6-2-13/h1-2,4-6,8,11-12H,3,7,9-10H2. The van der Waals surface area contributed by atoms with Gasteiger partial charge in [0.2, 0.25) is 0 Å². The van der Waals surface area contributed by atoms with Gasteiger partial charge in [0.05, 0.1) is 11.8 Å². The number of hydrogen-bond donors (Lipinski definition) is 0. The van der Waals surface area contributed by atoms with E-state index < -0.39 is 0 Å². The SMILES string of the molecule is O=C(c1ccoc1)N1CCC(Cc2noc(-c3ccncc3)n2)C1. The Morgan fingerprint density at radius 2 is 2.17 bits per heavy atom. The van der Waals surface area contributed by atoms with Crippen molar-refractivity contribution >= 4 is 5.91 Å². The first-order valence-corrected chi connectivity index (χ1v) is 7.84. The Morgan fingerprint density at radius 1 is 1.29 bits per heavy atom. The molecule has 0 spiro atoms. The summed E-state index contributed by atoms with van der Waals surface area (Å²) in [5.74, 6) is 1.52. The topological polar surface area (TPSA) is 85.3 Å². The molecule has 0 aromatic carbocycles. The van der Waals surface area contributed by atoms with Crippen molar-refractivity contribution in [2.24, 2.45) is 5.92 Å². The second kappa shape index (κ2) is 6.27. The molecule has 0 bridgehead atoms. The quantitative estimate of drug-likeness (QED) is 0.733. The molecule has 0 saturated carbocycles. The number of amides is 1.